The van der Waals surface area contributed by atoms with Gasteiger partial charge in [-0.15, -0.1) is 0 Å². The summed E-state index contributed by atoms with van der Waals surface area (Å²) in [7, 11) is 1.65. The van der Waals surface area contributed by atoms with Crippen LogP contribution >= 0.6 is 0 Å². The monoisotopic (exact) mass is 168 g/mol. The second-order valence-electron chi connectivity index (χ2n) is 2.65. The Hall–Kier alpha value is -1.24. The minimum Gasteiger partial charge on any atom is -0.370 e. The summed E-state index contributed by atoms with van der Waals surface area (Å²) < 4.78 is 0. The number of guanidine groups is 1. The van der Waals surface area contributed by atoms with Crippen LogP contribution in [0.25, 0.3) is 0 Å². The molecule has 2 N–H and O–H groups in total. The highest BCUT2D eigenvalue weighted by atomic mass is 15.2. The van der Waals surface area contributed by atoms with Crippen LogP contribution in [0, 0.1) is 17.2 Å². The van der Waals surface area contributed by atoms with Gasteiger partial charge >= 0.3 is 0 Å². The minimum absolute atomic E-state index is 0.00903. The maximum absolute atomic E-state index is 8.58. The molecule has 0 aliphatic rings. The van der Waals surface area contributed by atoms with Crippen LogP contribution in [0.4, 0.5) is 0 Å². The molecule has 1 atom stereocenters. The molecule has 4 nitrogen and oxygen atoms in total. The van der Waals surface area contributed by atoms with Crippen LogP contribution in [0.5, 0.6) is 0 Å². The Labute approximate surface area is 73.7 Å². The van der Waals surface area contributed by atoms with Crippen LogP contribution in [0.1, 0.15) is 13.8 Å². The average molecular weight is 168 g/mol. The van der Waals surface area contributed by atoms with Crippen molar-refractivity contribution < 1.29 is 0 Å². The minimum atomic E-state index is -0.00903. The molecule has 0 radical (unpaired) electrons. The lowest BCUT2D eigenvalue weighted by Gasteiger charge is -2.22. The highest BCUT2D eigenvalue weighted by Crippen LogP contribution is 1.97. The van der Waals surface area contributed by atoms with E-state index >= 15 is 0 Å². The molecule has 68 valence electrons. The van der Waals surface area contributed by atoms with Gasteiger partial charge in [0.2, 0.25) is 0 Å². The molecule has 0 heterocycles. The molecular weight excluding hydrogens is 152 g/mol. The number of nitrogens with two attached hydrogens (primary N) is 1. The lowest BCUT2D eigenvalue weighted by Crippen LogP contribution is -2.39. The predicted octanol–water partition coefficient (Wildman–Crippen LogP) is 0.412. The maximum Gasteiger partial charge on any atom is 0.190 e. The normalized spacial score (nSPS) is 13.7. The molecule has 0 bridgehead atoms. The molecule has 0 saturated heterocycles. The van der Waals surface area contributed by atoms with Gasteiger partial charge in [-0.3, -0.25) is 4.99 Å². The van der Waals surface area contributed by atoms with Gasteiger partial charge in [0.15, 0.2) is 5.96 Å². The van der Waals surface area contributed by atoms with Crippen molar-refractivity contribution in [2.45, 2.75) is 13.8 Å². The third kappa shape index (κ3) is 3.24. The summed E-state index contributed by atoms with van der Waals surface area (Å²) in [5, 5.41) is 8.58. The quantitative estimate of drug-likeness (QED) is 0.490. The first kappa shape index (κ1) is 10.8. The second-order valence-corrected chi connectivity index (χ2v) is 2.65. The summed E-state index contributed by atoms with van der Waals surface area (Å²) in [6, 6.07) is 2.16. The highest BCUT2D eigenvalue weighted by Gasteiger charge is 2.08. The molecule has 0 rings (SSSR count). The van der Waals surface area contributed by atoms with Gasteiger partial charge in [0.1, 0.15) is 0 Å². The Kier molecular flexibility index (Phi) is 4.86. The number of hydrogen-bond acceptors (Lipinski definition) is 2. The fourth-order valence-corrected chi connectivity index (χ4v) is 0.897. The van der Waals surface area contributed by atoms with Crippen LogP contribution in [0.2, 0.25) is 0 Å². The van der Waals surface area contributed by atoms with Crippen molar-refractivity contribution in [3.8, 4) is 6.07 Å². The lowest BCUT2D eigenvalue weighted by molar-refractivity contribution is 0.399. The van der Waals surface area contributed by atoms with Crippen LogP contribution in [0.15, 0.2) is 4.99 Å². The van der Waals surface area contributed by atoms with E-state index in [0.717, 1.165) is 6.54 Å². The van der Waals surface area contributed by atoms with E-state index in [1.54, 1.807) is 7.05 Å². The van der Waals surface area contributed by atoms with Gasteiger partial charge in [-0.25, -0.2) is 0 Å². The Morgan fingerprint density at radius 2 is 2.33 bits per heavy atom. The number of aliphatic imine (C=N–C) groups is 1. The molecule has 0 fully saturated rings. The van der Waals surface area contributed by atoms with Gasteiger partial charge in [0.05, 0.1) is 12.0 Å². The van der Waals surface area contributed by atoms with E-state index in [-0.39, 0.29) is 5.92 Å². The van der Waals surface area contributed by atoms with E-state index in [0.29, 0.717) is 12.5 Å². The molecule has 0 aliphatic heterocycles. The average Bonchev–Trinajstić information content (AvgIpc) is 2.12. The van der Waals surface area contributed by atoms with Crippen molar-refractivity contribution in [2.24, 2.45) is 16.6 Å². The summed E-state index contributed by atoms with van der Waals surface area (Å²) in [6.45, 7) is 5.29. The summed E-state index contributed by atoms with van der Waals surface area (Å²) >= 11 is 0. The van der Waals surface area contributed by atoms with Crippen molar-refractivity contribution in [1.29, 1.82) is 5.26 Å². The zero-order chi connectivity index (χ0) is 9.56. The molecule has 4 heteroatoms. The van der Waals surface area contributed by atoms with E-state index in [1.807, 2.05) is 18.7 Å². The highest BCUT2D eigenvalue weighted by molar-refractivity contribution is 5.77. The first-order valence-electron chi connectivity index (χ1n) is 4.02. The molecule has 0 spiro atoms. The molecule has 0 aromatic rings. The molecule has 0 aromatic heterocycles. The van der Waals surface area contributed by atoms with Crippen LogP contribution in [-0.2, 0) is 0 Å². The fourth-order valence-electron chi connectivity index (χ4n) is 0.897. The SMILES string of the molecule is CCN(CC(C)C#N)C(N)=NC. The molecule has 0 aromatic carbocycles. The van der Waals surface area contributed by atoms with Crippen molar-refractivity contribution in [2.75, 3.05) is 20.1 Å². The smallest absolute Gasteiger partial charge is 0.190 e. The number of nitrogens with zero attached hydrogens (tertiary/aromatic N) is 3. The van der Waals surface area contributed by atoms with E-state index in [4.69, 9.17) is 11.0 Å². The van der Waals surface area contributed by atoms with E-state index in [2.05, 4.69) is 11.1 Å². The topological polar surface area (TPSA) is 65.4 Å². The lowest BCUT2D eigenvalue weighted by atomic mass is 10.2. The van der Waals surface area contributed by atoms with Crippen molar-refractivity contribution in [3.05, 3.63) is 0 Å². The molecule has 0 amide bonds. The third-order valence-electron chi connectivity index (χ3n) is 1.65. The molecule has 12 heavy (non-hydrogen) atoms. The largest absolute Gasteiger partial charge is 0.370 e. The zero-order valence-electron chi connectivity index (χ0n) is 7.91. The van der Waals surface area contributed by atoms with Gasteiger partial charge in [0, 0.05) is 20.1 Å². The van der Waals surface area contributed by atoms with Gasteiger partial charge in [-0.1, -0.05) is 0 Å². The maximum atomic E-state index is 8.58. The Balaban J connectivity index is 4.11. The van der Waals surface area contributed by atoms with Crippen molar-refractivity contribution in [3.63, 3.8) is 0 Å². The first-order valence-corrected chi connectivity index (χ1v) is 4.02. The standard InChI is InChI=1S/C8H16N4/c1-4-12(8(10)11-3)6-7(2)5-9/h7H,4,6H2,1-3H3,(H2,10,11). The molecular formula is C8H16N4. The zero-order valence-corrected chi connectivity index (χ0v) is 7.91. The molecule has 0 saturated carbocycles. The Morgan fingerprint density at radius 1 is 1.75 bits per heavy atom. The van der Waals surface area contributed by atoms with Gasteiger partial charge in [-0.2, -0.15) is 5.26 Å². The molecule has 0 aliphatic carbocycles. The fraction of sp³-hybridized carbons (Fsp3) is 0.750. The van der Waals surface area contributed by atoms with E-state index in [1.165, 1.54) is 0 Å². The van der Waals surface area contributed by atoms with E-state index < -0.39 is 0 Å². The van der Waals surface area contributed by atoms with Crippen LogP contribution in [0.3, 0.4) is 0 Å². The second kappa shape index (κ2) is 5.42. The van der Waals surface area contributed by atoms with Crippen molar-refractivity contribution >= 4 is 5.96 Å². The number of nitriles is 1. The predicted molar refractivity (Wildman–Crippen MR) is 49.6 cm³/mol. The van der Waals surface area contributed by atoms with E-state index in [9.17, 15) is 0 Å². The van der Waals surface area contributed by atoms with Gasteiger partial charge in [0.25, 0.3) is 0 Å². The first-order chi connectivity index (χ1) is 5.65. The number of rotatable bonds is 3. The Bertz CT molecular complexity index is 192. The number of hydrogen-bond donors (Lipinski definition) is 1. The van der Waals surface area contributed by atoms with Crippen molar-refractivity contribution in [1.82, 2.24) is 4.90 Å². The van der Waals surface area contributed by atoms with Gasteiger partial charge < -0.3 is 10.6 Å². The van der Waals surface area contributed by atoms with Crippen LogP contribution in [-0.4, -0.2) is 31.0 Å². The Morgan fingerprint density at radius 3 is 2.67 bits per heavy atom. The summed E-state index contributed by atoms with van der Waals surface area (Å²) in [4.78, 5) is 5.74. The van der Waals surface area contributed by atoms with Crippen LogP contribution < -0.4 is 5.73 Å². The van der Waals surface area contributed by atoms with Gasteiger partial charge in [-0.05, 0) is 13.8 Å². The summed E-state index contributed by atoms with van der Waals surface area (Å²) in [5.74, 6) is 0.491. The molecule has 1 unspecified atom stereocenters. The summed E-state index contributed by atoms with van der Waals surface area (Å²) in [5.41, 5.74) is 5.60. The third-order valence-corrected chi connectivity index (χ3v) is 1.65. The summed E-state index contributed by atoms with van der Waals surface area (Å²) in [6.07, 6.45) is 0.